The summed E-state index contributed by atoms with van der Waals surface area (Å²) in [7, 11) is 0. The van der Waals surface area contributed by atoms with Gasteiger partial charge in [-0.2, -0.15) is 4.98 Å². The van der Waals surface area contributed by atoms with Crippen LogP contribution >= 0.6 is 11.6 Å². The second-order valence-electron chi connectivity index (χ2n) is 11.7. The lowest BCUT2D eigenvalue weighted by Crippen LogP contribution is -2.16. The van der Waals surface area contributed by atoms with Gasteiger partial charge in [-0.25, -0.2) is 8.78 Å². The van der Waals surface area contributed by atoms with Crippen LogP contribution in [0.4, 0.5) is 8.78 Å². The molecule has 1 aromatic heterocycles. The van der Waals surface area contributed by atoms with E-state index in [0.717, 1.165) is 48.3 Å². The van der Waals surface area contributed by atoms with Gasteiger partial charge in [0.15, 0.2) is 5.84 Å². The van der Waals surface area contributed by atoms with Gasteiger partial charge < -0.3 is 15.5 Å². The molecular weight excluding hydrogens is 658 g/mol. The van der Waals surface area contributed by atoms with E-state index in [9.17, 15) is 13.6 Å². The molecule has 1 heterocycles. The maximum Gasteiger partial charge on any atom is 0.230 e. The summed E-state index contributed by atoms with van der Waals surface area (Å²) in [6.45, 7) is 0. The summed E-state index contributed by atoms with van der Waals surface area (Å²) in [5.74, 6) is 13.2. The van der Waals surface area contributed by atoms with Crippen molar-refractivity contribution in [2.24, 2.45) is 16.8 Å². The average Bonchev–Trinajstić information content (AvgIpc) is 3.55. The van der Waals surface area contributed by atoms with Crippen LogP contribution in [0, 0.1) is 41.2 Å². The number of amidine groups is 1. The number of nitrogens with zero attached hydrogens (tertiary/aromatic N) is 3. The molecule has 2 saturated carbocycles. The average molecular weight is 691 g/mol. The van der Waals surface area contributed by atoms with Crippen molar-refractivity contribution in [2.45, 2.75) is 44.4 Å². The van der Waals surface area contributed by atoms with Crippen LogP contribution in [0.5, 0.6) is 0 Å². The summed E-state index contributed by atoms with van der Waals surface area (Å²) in [5.41, 5.74) is 9.84. The van der Waals surface area contributed by atoms with E-state index in [1.54, 1.807) is 48.5 Å². The predicted molar refractivity (Wildman–Crippen MR) is 188 cm³/mol. The first-order chi connectivity index (χ1) is 24.3. The van der Waals surface area contributed by atoms with E-state index < -0.39 is 0 Å². The molecule has 0 bridgehead atoms. The van der Waals surface area contributed by atoms with Crippen LogP contribution in [-0.2, 0) is 4.79 Å². The van der Waals surface area contributed by atoms with Crippen molar-refractivity contribution >= 4 is 22.7 Å². The summed E-state index contributed by atoms with van der Waals surface area (Å²) in [6, 6.07) is 26.9. The zero-order valence-corrected chi connectivity index (χ0v) is 27.7. The summed E-state index contributed by atoms with van der Waals surface area (Å²) >= 11 is 5.14. The van der Waals surface area contributed by atoms with Crippen LogP contribution in [0.1, 0.15) is 78.2 Å². The molecule has 0 saturated heterocycles. The zero-order chi connectivity index (χ0) is 35.3. The lowest BCUT2D eigenvalue weighted by Gasteiger charge is -2.20. The molecule has 10 heteroatoms. The number of benzene rings is 4. The SMILES string of the molecule is Fc1cccc(C#Cc2ccc(-c3noc(C4CCC4)n3)cc2)c1.N/C(=N\O)c1ccc(C#Cc2cccc(F)c2)cc1.O=C(Cl)C1CCC1. The summed E-state index contributed by atoms with van der Waals surface area (Å²) in [5, 5.41) is 15.4. The fourth-order valence-electron chi connectivity index (χ4n) is 4.71. The smallest absolute Gasteiger partial charge is 0.230 e. The third-order valence-corrected chi connectivity index (χ3v) is 8.41. The van der Waals surface area contributed by atoms with Gasteiger partial charge in [0.1, 0.15) is 11.6 Å². The monoisotopic (exact) mass is 690 g/mol. The van der Waals surface area contributed by atoms with E-state index in [0.29, 0.717) is 28.4 Å². The number of aromatic nitrogens is 2. The minimum atomic E-state index is -0.311. The highest BCUT2D eigenvalue weighted by atomic mass is 35.5. The van der Waals surface area contributed by atoms with E-state index in [1.807, 2.05) is 24.3 Å². The van der Waals surface area contributed by atoms with E-state index in [2.05, 4.69) is 39.0 Å². The van der Waals surface area contributed by atoms with Gasteiger partial charge in [0.05, 0.1) is 0 Å². The Morgan fingerprint density at radius 2 is 1.30 bits per heavy atom. The first kappa shape index (κ1) is 35.5. The number of hydrogen-bond donors (Lipinski definition) is 2. The first-order valence-corrected chi connectivity index (χ1v) is 16.4. The highest BCUT2D eigenvalue weighted by Crippen LogP contribution is 2.36. The van der Waals surface area contributed by atoms with Gasteiger partial charge in [0, 0.05) is 45.2 Å². The number of rotatable bonds is 4. The zero-order valence-electron chi connectivity index (χ0n) is 27.0. The van der Waals surface area contributed by atoms with Gasteiger partial charge in [0.2, 0.25) is 17.0 Å². The Labute approximate surface area is 294 Å². The Kier molecular flexibility index (Phi) is 12.5. The van der Waals surface area contributed by atoms with Crippen molar-refractivity contribution in [2.75, 3.05) is 0 Å². The quantitative estimate of drug-likeness (QED) is 0.0489. The molecular formula is C40H33ClF2N4O3. The van der Waals surface area contributed by atoms with E-state index in [1.165, 1.54) is 37.1 Å². The van der Waals surface area contributed by atoms with Gasteiger partial charge in [0.25, 0.3) is 0 Å². The third kappa shape index (κ3) is 10.4. The lowest BCUT2D eigenvalue weighted by atomic mass is 9.85. The molecule has 0 atom stereocenters. The summed E-state index contributed by atoms with van der Waals surface area (Å²) in [4.78, 5) is 14.7. The lowest BCUT2D eigenvalue weighted by molar-refractivity contribution is -0.117. The van der Waals surface area contributed by atoms with E-state index >= 15 is 0 Å². The molecule has 4 aromatic carbocycles. The van der Waals surface area contributed by atoms with Crippen molar-refractivity contribution in [1.29, 1.82) is 0 Å². The Morgan fingerprint density at radius 1 is 0.780 bits per heavy atom. The van der Waals surface area contributed by atoms with Gasteiger partial charge in [-0.15, -0.1) is 0 Å². The number of halogens is 3. The van der Waals surface area contributed by atoms with Crippen molar-refractivity contribution < 1.29 is 23.3 Å². The van der Waals surface area contributed by atoms with Crippen molar-refractivity contribution in [3.05, 3.63) is 142 Å². The third-order valence-electron chi connectivity index (χ3n) is 8.11. The fourth-order valence-corrected chi connectivity index (χ4v) is 4.93. The largest absolute Gasteiger partial charge is 0.409 e. The summed E-state index contributed by atoms with van der Waals surface area (Å²) < 4.78 is 31.4. The molecule has 50 heavy (non-hydrogen) atoms. The predicted octanol–water partition coefficient (Wildman–Crippen LogP) is 8.41. The highest BCUT2D eigenvalue weighted by Gasteiger charge is 2.25. The molecule has 2 aliphatic carbocycles. The molecule has 5 aromatic rings. The number of carbonyl (C=O) groups is 1. The number of nitrogens with two attached hydrogens (primary N) is 1. The Balaban J connectivity index is 0.000000166. The van der Waals surface area contributed by atoms with Crippen molar-refractivity contribution in [3.63, 3.8) is 0 Å². The molecule has 252 valence electrons. The molecule has 0 amide bonds. The minimum absolute atomic E-state index is 0.0460. The molecule has 7 rings (SSSR count). The molecule has 2 aliphatic rings. The summed E-state index contributed by atoms with van der Waals surface area (Å²) in [6.07, 6.45) is 6.72. The topological polar surface area (TPSA) is 115 Å². The fraction of sp³-hybridized carbons (Fsp3) is 0.200. The Hall–Kier alpha value is -5.77. The van der Waals surface area contributed by atoms with Crippen LogP contribution in [0.3, 0.4) is 0 Å². The van der Waals surface area contributed by atoms with Crippen LogP contribution < -0.4 is 5.73 Å². The highest BCUT2D eigenvalue weighted by molar-refractivity contribution is 6.64. The second-order valence-corrected chi connectivity index (χ2v) is 12.0. The van der Waals surface area contributed by atoms with E-state index in [-0.39, 0.29) is 28.6 Å². The van der Waals surface area contributed by atoms with Gasteiger partial charge in [-0.05, 0) is 122 Å². The first-order valence-electron chi connectivity index (χ1n) is 16.0. The maximum atomic E-state index is 13.1. The number of hydrogen-bond acceptors (Lipinski definition) is 6. The van der Waals surface area contributed by atoms with Crippen LogP contribution in [-0.4, -0.2) is 26.4 Å². The number of carbonyl (C=O) groups excluding carboxylic acids is 1. The van der Waals surface area contributed by atoms with Crippen LogP contribution in [0.25, 0.3) is 11.4 Å². The molecule has 2 fully saturated rings. The Bertz CT molecular complexity index is 2070. The Morgan fingerprint density at radius 3 is 1.72 bits per heavy atom. The van der Waals surface area contributed by atoms with Gasteiger partial charge >= 0.3 is 0 Å². The van der Waals surface area contributed by atoms with E-state index in [4.69, 9.17) is 27.1 Å². The van der Waals surface area contributed by atoms with Crippen molar-refractivity contribution in [3.8, 4) is 35.1 Å². The van der Waals surface area contributed by atoms with Crippen LogP contribution in [0.15, 0.2) is 107 Å². The standard InChI is InChI=1S/C20H15FN2O.C15H11FN2O.C5H7ClO/c21-18-6-1-3-15(13-18)8-7-14-9-11-16(12-10-14)19-22-20(24-23-19)17-4-2-5-17;16-14-3-1-2-12(10-14)5-4-11-6-8-13(9-7-11)15(17)18-19;6-5(7)4-2-1-3-4/h1,3,6,9-13,17H,2,4-5H2;1-3,6-10,19H,(H2,17,18);4H,1-3H2. The molecule has 0 radical (unpaired) electrons. The van der Waals surface area contributed by atoms with Gasteiger partial charge in [-0.1, -0.05) is 59.0 Å². The van der Waals surface area contributed by atoms with Gasteiger partial charge in [-0.3, -0.25) is 4.79 Å². The second kappa shape index (κ2) is 17.6. The maximum absolute atomic E-state index is 13.1. The molecule has 0 spiro atoms. The van der Waals surface area contributed by atoms with Crippen molar-refractivity contribution in [1.82, 2.24) is 10.1 Å². The minimum Gasteiger partial charge on any atom is -0.409 e. The molecule has 7 nitrogen and oxygen atoms in total. The molecule has 0 unspecified atom stereocenters. The normalized spacial score (nSPS) is 13.7. The number of oxime groups is 1. The molecule has 0 aliphatic heterocycles. The van der Waals surface area contributed by atoms with Crippen LogP contribution in [0.2, 0.25) is 0 Å². The molecule has 3 N–H and O–H groups in total.